The SMILES string of the molecule is COc1nc(N2CCOCC2)nc(NC2CCCN(C(=O)O)[C@@H]2C(C)(C)C)c1-c1nc2cc(F)ccc2s1. The number of hydrogen-bond donors (Lipinski definition) is 2. The number of fused-ring (bicyclic) bond motifs is 1. The van der Waals surface area contributed by atoms with Crippen LogP contribution in [0, 0.1) is 11.2 Å². The van der Waals surface area contributed by atoms with Crippen LogP contribution in [0.4, 0.5) is 21.0 Å². The second-order valence-electron chi connectivity index (χ2n) is 10.7. The molecule has 0 aliphatic carbocycles. The number of anilines is 2. The maximum Gasteiger partial charge on any atom is 0.407 e. The number of benzene rings is 1. The first kappa shape index (κ1) is 26.4. The Balaban J connectivity index is 1.64. The molecule has 2 saturated heterocycles. The van der Waals surface area contributed by atoms with Crippen molar-refractivity contribution in [1.82, 2.24) is 19.9 Å². The first-order valence-corrected chi connectivity index (χ1v) is 13.6. The van der Waals surface area contributed by atoms with E-state index in [1.165, 1.54) is 28.4 Å². The summed E-state index contributed by atoms with van der Waals surface area (Å²) in [7, 11) is 1.55. The van der Waals surface area contributed by atoms with Gasteiger partial charge in [0, 0.05) is 31.7 Å². The molecule has 5 rings (SSSR count). The van der Waals surface area contributed by atoms with Crippen molar-refractivity contribution in [2.45, 2.75) is 45.7 Å². The van der Waals surface area contributed by atoms with E-state index in [0.717, 1.165) is 17.5 Å². The average Bonchev–Trinajstić information content (AvgIpc) is 3.30. The fraction of sp³-hybridized carbons (Fsp3) is 0.538. The van der Waals surface area contributed by atoms with Crippen LogP contribution in [0.25, 0.3) is 20.8 Å². The third-order valence-corrected chi connectivity index (χ3v) is 8.05. The van der Waals surface area contributed by atoms with Crippen LogP contribution in [-0.4, -0.2) is 83.1 Å². The molecule has 204 valence electrons. The molecule has 10 nitrogen and oxygen atoms in total. The number of carbonyl (C=O) groups is 1. The van der Waals surface area contributed by atoms with Crippen molar-refractivity contribution in [3.05, 3.63) is 24.0 Å². The van der Waals surface area contributed by atoms with Gasteiger partial charge in [-0.3, -0.25) is 0 Å². The molecule has 2 atom stereocenters. The van der Waals surface area contributed by atoms with Crippen molar-refractivity contribution in [2.75, 3.05) is 50.2 Å². The Morgan fingerprint density at radius 3 is 2.66 bits per heavy atom. The Hall–Kier alpha value is -3.25. The van der Waals surface area contributed by atoms with Gasteiger partial charge < -0.3 is 29.7 Å². The molecule has 0 radical (unpaired) electrons. The zero-order valence-corrected chi connectivity index (χ0v) is 22.8. The van der Waals surface area contributed by atoms with Crippen molar-refractivity contribution in [3.8, 4) is 16.5 Å². The van der Waals surface area contributed by atoms with E-state index in [-0.39, 0.29) is 23.3 Å². The summed E-state index contributed by atoms with van der Waals surface area (Å²) in [5.41, 5.74) is 0.789. The van der Waals surface area contributed by atoms with Gasteiger partial charge in [0.1, 0.15) is 22.2 Å². The van der Waals surface area contributed by atoms with Gasteiger partial charge in [0.15, 0.2) is 0 Å². The third-order valence-electron chi connectivity index (χ3n) is 7.00. The average molecular weight is 545 g/mol. The number of halogens is 1. The van der Waals surface area contributed by atoms with Crippen molar-refractivity contribution in [1.29, 1.82) is 0 Å². The quantitative estimate of drug-likeness (QED) is 0.472. The van der Waals surface area contributed by atoms with Crippen LogP contribution in [-0.2, 0) is 4.74 Å². The van der Waals surface area contributed by atoms with E-state index in [1.54, 1.807) is 13.2 Å². The molecule has 4 heterocycles. The first-order chi connectivity index (χ1) is 18.2. The van der Waals surface area contributed by atoms with Gasteiger partial charge in [-0.2, -0.15) is 9.97 Å². The molecule has 3 aromatic rings. The predicted octanol–water partition coefficient (Wildman–Crippen LogP) is 4.71. The summed E-state index contributed by atoms with van der Waals surface area (Å²) in [5.74, 6) is 1.01. The van der Waals surface area contributed by atoms with E-state index in [1.807, 2.05) is 4.90 Å². The fourth-order valence-corrected chi connectivity index (χ4v) is 6.38. The van der Waals surface area contributed by atoms with Crippen LogP contribution in [0.1, 0.15) is 33.6 Å². The Bertz CT molecular complexity index is 1320. The minimum Gasteiger partial charge on any atom is -0.480 e. The number of nitrogens with one attached hydrogen (secondary N) is 1. The van der Waals surface area contributed by atoms with Gasteiger partial charge in [-0.25, -0.2) is 14.2 Å². The van der Waals surface area contributed by atoms with E-state index in [0.29, 0.717) is 66.6 Å². The van der Waals surface area contributed by atoms with Crippen LogP contribution in [0.5, 0.6) is 5.88 Å². The lowest BCUT2D eigenvalue weighted by molar-refractivity contribution is 0.0518. The van der Waals surface area contributed by atoms with Crippen LogP contribution in [0.3, 0.4) is 0 Å². The van der Waals surface area contributed by atoms with Gasteiger partial charge in [0.25, 0.3) is 0 Å². The van der Waals surface area contributed by atoms with Gasteiger partial charge in [0.2, 0.25) is 11.8 Å². The van der Waals surface area contributed by atoms with E-state index in [9.17, 15) is 14.3 Å². The minimum atomic E-state index is -0.931. The number of piperidine rings is 1. The topological polar surface area (TPSA) is 113 Å². The summed E-state index contributed by atoms with van der Waals surface area (Å²) in [4.78, 5) is 30.1. The molecular formula is C26H33FN6O4S. The molecule has 0 spiro atoms. The van der Waals surface area contributed by atoms with Crippen LogP contribution >= 0.6 is 11.3 Å². The lowest BCUT2D eigenvalue weighted by atomic mass is 9.77. The fourth-order valence-electron chi connectivity index (χ4n) is 5.39. The van der Waals surface area contributed by atoms with Gasteiger partial charge in [-0.05, 0) is 30.4 Å². The number of morpholine rings is 1. The highest BCUT2D eigenvalue weighted by Gasteiger charge is 2.42. The summed E-state index contributed by atoms with van der Waals surface area (Å²) in [5, 5.41) is 14.2. The molecule has 2 N–H and O–H groups in total. The molecule has 2 aliphatic rings. The molecule has 1 unspecified atom stereocenters. The number of carboxylic acid groups (broad SMARTS) is 1. The van der Waals surface area contributed by atoms with E-state index in [4.69, 9.17) is 24.4 Å². The van der Waals surface area contributed by atoms with E-state index < -0.39 is 6.09 Å². The second kappa shape index (κ2) is 10.5. The van der Waals surface area contributed by atoms with Crippen molar-refractivity contribution in [3.63, 3.8) is 0 Å². The van der Waals surface area contributed by atoms with Gasteiger partial charge in [0.05, 0.1) is 36.6 Å². The van der Waals surface area contributed by atoms with Gasteiger partial charge in [-0.1, -0.05) is 20.8 Å². The number of hydrogen-bond acceptors (Lipinski definition) is 9. The summed E-state index contributed by atoms with van der Waals surface area (Å²) in [6.45, 7) is 9.07. The van der Waals surface area contributed by atoms with Crippen molar-refractivity contribution >= 4 is 39.4 Å². The number of ether oxygens (including phenoxy) is 2. The van der Waals surface area contributed by atoms with E-state index in [2.05, 4.69) is 26.1 Å². The number of thiazole rings is 1. The molecule has 1 amide bonds. The number of nitrogens with zero attached hydrogens (tertiary/aromatic N) is 5. The Morgan fingerprint density at radius 1 is 1.21 bits per heavy atom. The molecule has 2 fully saturated rings. The smallest absolute Gasteiger partial charge is 0.407 e. The number of rotatable bonds is 5. The first-order valence-electron chi connectivity index (χ1n) is 12.8. The highest BCUT2D eigenvalue weighted by atomic mass is 32.1. The van der Waals surface area contributed by atoms with Gasteiger partial charge >= 0.3 is 6.09 Å². The lowest BCUT2D eigenvalue weighted by Crippen LogP contribution is -2.58. The van der Waals surface area contributed by atoms with Gasteiger partial charge in [-0.15, -0.1) is 11.3 Å². The highest BCUT2D eigenvalue weighted by Crippen LogP contribution is 2.42. The number of aromatic nitrogens is 3. The summed E-state index contributed by atoms with van der Waals surface area (Å²) >= 11 is 1.40. The Kier molecular flexibility index (Phi) is 7.28. The van der Waals surface area contributed by atoms with E-state index >= 15 is 0 Å². The summed E-state index contributed by atoms with van der Waals surface area (Å²) < 4.78 is 26.0. The molecular weight excluding hydrogens is 511 g/mol. The zero-order valence-electron chi connectivity index (χ0n) is 22.0. The second-order valence-corrected chi connectivity index (χ2v) is 11.7. The molecule has 0 bridgehead atoms. The lowest BCUT2D eigenvalue weighted by Gasteiger charge is -2.47. The third kappa shape index (κ3) is 5.19. The van der Waals surface area contributed by atoms with Crippen molar-refractivity contribution in [2.24, 2.45) is 5.41 Å². The summed E-state index contributed by atoms with van der Waals surface area (Å²) in [6, 6.07) is 4.02. The number of likely N-dealkylation sites (tertiary alicyclic amines) is 1. The normalized spacial score (nSPS) is 20.6. The maximum atomic E-state index is 13.9. The molecule has 2 aromatic heterocycles. The number of methoxy groups -OCH3 is 1. The maximum absolute atomic E-state index is 13.9. The largest absolute Gasteiger partial charge is 0.480 e. The molecule has 0 saturated carbocycles. The van der Waals surface area contributed by atoms with Crippen LogP contribution in [0.2, 0.25) is 0 Å². The van der Waals surface area contributed by atoms with Crippen LogP contribution < -0.4 is 15.0 Å². The minimum absolute atomic E-state index is 0.206. The zero-order chi connectivity index (χ0) is 27.0. The predicted molar refractivity (Wildman–Crippen MR) is 145 cm³/mol. The Morgan fingerprint density at radius 2 is 1.97 bits per heavy atom. The van der Waals surface area contributed by atoms with Crippen molar-refractivity contribution < 1.29 is 23.8 Å². The number of amides is 1. The molecule has 1 aromatic carbocycles. The summed E-state index contributed by atoms with van der Waals surface area (Å²) in [6.07, 6.45) is 0.569. The molecule has 2 aliphatic heterocycles. The Labute approximate surface area is 224 Å². The highest BCUT2D eigenvalue weighted by molar-refractivity contribution is 7.21. The standard InChI is InChI=1S/C26H33FN6O4S/c1-26(2,3)20-16(6-5-9-33(20)25(34)35)28-21-19(23-29-17-14-15(27)7-8-18(17)38-23)22(36-4)31-24(30-21)32-10-12-37-13-11-32/h7-8,14,16,20H,5-6,9-13H2,1-4H3,(H,34,35)(H,28,30,31)/t16?,20-/m0/s1. The molecule has 38 heavy (non-hydrogen) atoms. The molecule has 12 heteroatoms. The van der Waals surface area contributed by atoms with Crippen LogP contribution in [0.15, 0.2) is 18.2 Å². The monoisotopic (exact) mass is 544 g/mol.